The summed E-state index contributed by atoms with van der Waals surface area (Å²) < 4.78 is 26.7. The third-order valence-electron chi connectivity index (χ3n) is 5.48. The van der Waals surface area contributed by atoms with Crippen LogP contribution in [-0.4, -0.2) is 65.7 Å². The summed E-state index contributed by atoms with van der Waals surface area (Å²) >= 11 is 0. The van der Waals surface area contributed by atoms with Gasteiger partial charge in [0.1, 0.15) is 11.7 Å². The van der Waals surface area contributed by atoms with E-state index in [1.54, 1.807) is 11.0 Å². The number of ether oxygens (including phenoxy) is 2. The molecule has 0 aromatic rings. The van der Waals surface area contributed by atoms with E-state index in [9.17, 15) is 9.59 Å². The number of allylic oxidation sites excluding steroid dienone is 2. The second kappa shape index (κ2) is 7.73. The van der Waals surface area contributed by atoms with Crippen LogP contribution in [-0.2, 0) is 9.47 Å². The first-order valence-electron chi connectivity index (χ1n) is 9.85. The summed E-state index contributed by atoms with van der Waals surface area (Å²) in [6, 6.07) is 0. The van der Waals surface area contributed by atoms with Gasteiger partial charge in [-0.25, -0.2) is 14.0 Å². The highest BCUT2D eigenvalue weighted by molar-refractivity contribution is 5.71. The minimum atomic E-state index is -1.95. The molecule has 0 aromatic heterocycles. The van der Waals surface area contributed by atoms with Crippen LogP contribution in [0.25, 0.3) is 0 Å². The molecule has 0 bridgehead atoms. The number of amides is 2. The average molecular weight is 395 g/mol. The summed E-state index contributed by atoms with van der Waals surface area (Å²) in [4.78, 5) is 27.3. The van der Waals surface area contributed by atoms with Gasteiger partial charge in [0.25, 0.3) is 0 Å². The Morgan fingerprint density at radius 2 is 2.04 bits per heavy atom. The monoisotopic (exact) mass is 395 g/mol. The van der Waals surface area contributed by atoms with Crippen LogP contribution in [0.4, 0.5) is 14.0 Å². The van der Waals surface area contributed by atoms with Crippen molar-refractivity contribution in [2.24, 2.45) is 17.6 Å². The van der Waals surface area contributed by atoms with Crippen LogP contribution in [0.5, 0.6) is 0 Å². The van der Waals surface area contributed by atoms with Gasteiger partial charge in [-0.1, -0.05) is 18.2 Å². The van der Waals surface area contributed by atoms with Crippen LogP contribution in [0.1, 0.15) is 33.6 Å². The van der Waals surface area contributed by atoms with Crippen molar-refractivity contribution in [2.75, 3.05) is 26.2 Å². The molecule has 3 aliphatic rings. The summed E-state index contributed by atoms with van der Waals surface area (Å²) in [5.41, 5.74) is 5.04. The first-order valence-corrected chi connectivity index (χ1v) is 9.85. The molecule has 0 saturated carbocycles. The Morgan fingerprint density at radius 1 is 1.36 bits per heavy atom. The van der Waals surface area contributed by atoms with E-state index in [2.05, 4.69) is 0 Å². The maximum Gasteiger partial charge on any atom is 0.413 e. The van der Waals surface area contributed by atoms with E-state index in [1.165, 1.54) is 6.08 Å². The van der Waals surface area contributed by atoms with Crippen molar-refractivity contribution in [3.63, 3.8) is 0 Å². The van der Waals surface area contributed by atoms with Crippen molar-refractivity contribution < 1.29 is 23.5 Å². The largest absolute Gasteiger partial charge is 0.444 e. The average Bonchev–Trinajstić information content (AvgIpc) is 3.02. The maximum absolute atomic E-state index is 16.1. The van der Waals surface area contributed by atoms with Gasteiger partial charge in [0.2, 0.25) is 5.79 Å². The molecule has 2 N–H and O–H groups in total. The van der Waals surface area contributed by atoms with Crippen LogP contribution < -0.4 is 5.73 Å². The topological polar surface area (TPSA) is 85.1 Å². The molecule has 156 valence electrons. The number of hydrogen-bond donors (Lipinski definition) is 1. The van der Waals surface area contributed by atoms with Gasteiger partial charge in [-0.15, -0.1) is 0 Å². The van der Waals surface area contributed by atoms with Gasteiger partial charge in [0.05, 0.1) is 6.54 Å². The van der Waals surface area contributed by atoms with Gasteiger partial charge in [0, 0.05) is 25.6 Å². The van der Waals surface area contributed by atoms with Crippen LogP contribution in [0, 0.1) is 11.8 Å². The predicted molar refractivity (Wildman–Crippen MR) is 102 cm³/mol. The van der Waals surface area contributed by atoms with Crippen LogP contribution in [0.3, 0.4) is 0 Å². The quantitative estimate of drug-likeness (QED) is 0.743. The number of likely N-dealkylation sites (tertiary alicyclic amines) is 1. The fourth-order valence-corrected chi connectivity index (χ4v) is 4.07. The number of nitrogens with two attached hydrogens (primary N) is 1. The number of cyclic esters (lactones) is 1. The highest BCUT2D eigenvalue weighted by Crippen LogP contribution is 2.42. The van der Waals surface area contributed by atoms with Gasteiger partial charge in [-0.2, -0.15) is 0 Å². The van der Waals surface area contributed by atoms with Gasteiger partial charge < -0.3 is 20.1 Å². The Labute approximate surface area is 165 Å². The molecule has 1 aliphatic carbocycles. The first-order chi connectivity index (χ1) is 13.1. The van der Waals surface area contributed by atoms with Crippen LogP contribution in [0.15, 0.2) is 24.3 Å². The summed E-state index contributed by atoms with van der Waals surface area (Å²) in [7, 11) is 0. The third-order valence-corrected chi connectivity index (χ3v) is 5.48. The van der Waals surface area contributed by atoms with E-state index < -0.39 is 29.5 Å². The second-order valence-electron chi connectivity index (χ2n) is 8.65. The van der Waals surface area contributed by atoms with Gasteiger partial charge in [-0.05, 0) is 45.6 Å². The highest BCUT2D eigenvalue weighted by Gasteiger charge is 2.52. The van der Waals surface area contributed by atoms with Crippen molar-refractivity contribution in [1.82, 2.24) is 9.80 Å². The van der Waals surface area contributed by atoms with Crippen molar-refractivity contribution in [3.8, 4) is 0 Å². The minimum Gasteiger partial charge on any atom is -0.444 e. The van der Waals surface area contributed by atoms with E-state index in [-0.39, 0.29) is 25.1 Å². The molecule has 2 saturated heterocycles. The lowest BCUT2D eigenvalue weighted by Gasteiger charge is -2.43. The normalized spacial score (nSPS) is 31.2. The summed E-state index contributed by atoms with van der Waals surface area (Å²) in [5.74, 6) is -2.45. The van der Waals surface area contributed by atoms with E-state index in [4.69, 9.17) is 15.2 Å². The number of piperidine rings is 1. The lowest BCUT2D eigenvalue weighted by Crippen LogP contribution is -2.54. The van der Waals surface area contributed by atoms with Gasteiger partial charge >= 0.3 is 12.2 Å². The number of carbonyl (C=O) groups excluding carboxylic acids is 2. The second-order valence-corrected chi connectivity index (χ2v) is 8.65. The lowest BCUT2D eigenvalue weighted by molar-refractivity contribution is -0.0254. The first kappa shape index (κ1) is 20.6. The molecule has 7 nitrogen and oxygen atoms in total. The maximum atomic E-state index is 16.1. The van der Waals surface area contributed by atoms with Crippen LogP contribution >= 0.6 is 0 Å². The molecule has 2 amide bonds. The van der Waals surface area contributed by atoms with E-state index in [0.717, 1.165) is 4.90 Å². The molecule has 0 spiro atoms. The number of nitrogens with zero attached hydrogens (tertiary/aromatic N) is 2. The molecule has 0 radical (unpaired) electrons. The molecular weight excluding hydrogens is 365 g/mol. The fourth-order valence-electron chi connectivity index (χ4n) is 4.07. The molecule has 3 unspecified atom stereocenters. The summed E-state index contributed by atoms with van der Waals surface area (Å²) in [6.45, 7) is 6.79. The zero-order valence-electron chi connectivity index (χ0n) is 16.8. The predicted octanol–water partition coefficient (Wildman–Crippen LogP) is 2.82. The van der Waals surface area contributed by atoms with Crippen molar-refractivity contribution in [3.05, 3.63) is 24.3 Å². The summed E-state index contributed by atoms with van der Waals surface area (Å²) in [5, 5.41) is 0. The van der Waals surface area contributed by atoms with Crippen molar-refractivity contribution in [2.45, 2.75) is 51.1 Å². The molecule has 28 heavy (non-hydrogen) atoms. The zero-order valence-corrected chi connectivity index (χ0v) is 16.8. The Balaban J connectivity index is 1.68. The highest BCUT2D eigenvalue weighted by atomic mass is 19.1. The fraction of sp³-hybridized carbons (Fsp3) is 0.700. The SMILES string of the molecule is CC(C)(C)OC(=O)N1CCC(C2C=CC=CC2(F)N2CC(CN)OC2=O)CC1. The number of hydrogen-bond acceptors (Lipinski definition) is 5. The van der Waals surface area contributed by atoms with E-state index in [1.807, 2.05) is 32.9 Å². The Bertz CT molecular complexity index is 667. The smallest absolute Gasteiger partial charge is 0.413 e. The molecule has 3 atom stereocenters. The van der Waals surface area contributed by atoms with Gasteiger partial charge in [-0.3, -0.25) is 4.90 Å². The lowest BCUT2D eigenvalue weighted by atomic mass is 9.76. The molecule has 2 fully saturated rings. The molecule has 8 heteroatoms. The number of carbonyl (C=O) groups is 2. The minimum absolute atomic E-state index is 0.00499. The zero-order chi connectivity index (χ0) is 20.5. The number of halogens is 1. The molecule has 0 aromatic carbocycles. The Hall–Kier alpha value is -2.09. The van der Waals surface area contributed by atoms with Gasteiger partial charge in [0.15, 0.2) is 0 Å². The van der Waals surface area contributed by atoms with Crippen molar-refractivity contribution in [1.29, 1.82) is 0 Å². The van der Waals surface area contributed by atoms with E-state index in [0.29, 0.717) is 25.9 Å². The number of rotatable bonds is 3. The molecule has 2 aliphatic heterocycles. The van der Waals surface area contributed by atoms with Crippen molar-refractivity contribution >= 4 is 12.2 Å². The standard InChI is InChI=1S/C20H30FN3O4/c1-19(2,3)28-17(25)23-10-7-14(8-11-23)16-6-4-5-9-20(16,21)24-13-15(12-22)27-18(24)26/h4-6,9,14-16H,7-8,10-13,22H2,1-3H3. The van der Waals surface area contributed by atoms with E-state index >= 15 is 4.39 Å². The molecule has 3 rings (SSSR count). The Morgan fingerprint density at radius 3 is 2.61 bits per heavy atom. The van der Waals surface area contributed by atoms with Crippen LogP contribution in [0.2, 0.25) is 0 Å². The molecule has 2 heterocycles. The Kier molecular flexibility index (Phi) is 5.70. The third kappa shape index (κ3) is 4.16. The number of alkyl halides is 1. The molecular formula is C20H30FN3O4. The summed E-state index contributed by atoms with van der Waals surface area (Å²) in [6.07, 6.45) is 6.44.